The maximum atomic E-state index is 14.8. The number of alkyl halides is 2. The Labute approximate surface area is 144 Å². The van der Waals surface area contributed by atoms with E-state index in [1.54, 1.807) is 0 Å². The van der Waals surface area contributed by atoms with Crippen LogP contribution in [0.4, 0.5) is 8.78 Å². The second kappa shape index (κ2) is 6.82. The first kappa shape index (κ1) is 19.5. The van der Waals surface area contributed by atoms with Crippen molar-refractivity contribution in [2.75, 3.05) is 0 Å². The molecule has 0 aliphatic carbocycles. The minimum Gasteiger partial charge on any atom is -0.404 e. The highest BCUT2D eigenvalue weighted by Gasteiger charge is 2.61. The standard InChI is InChI=1S/C18H28F2O3Si/c1-17(2,3)24(4,5)23-15-16(21)22-14(18(15,19)20)12-11-13-9-7-6-8-10-13/h6-10,14-16,21H,11-12H2,1-5H3/t14-,15-,16?/m0/s1. The molecule has 1 aliphatic rings. The summed E-state index contributed by atoms with van der Waals surface area (Å²) >= 11 is 0. The van der Waals surface area contributed by atoms with Crippen molar-refractivity contribution in [1.29, 1.82) is 0 Å². The third-order valence-electron chi connectivity index (χ3n) is 5.14. The smallest absolute Gasteiger partial charge is 0.303 e. The van der Waals surface area contributed by atoms with Crippen LogP contribution in [-0.2, 0) is 15.6 Å². The fourth-order valence-electron chi connectivity index (χ4n) is 2.54. The van der Waals surface area contributed by atoms with E-state index in [-0.39, 0.29) is 11.5 Å². The van der Waals surface area contributed by atoms with Crippen LogP contribution in [0.2, 0.25) is 18.1 Å². The summed E-state index contributed by atoms with van der Waals surface area (Å²) in [4.78, 5) is 0. The van der Waals surface area contributed by atoms with Crippen LogP contribution in [0.3, 0.4) is 0 Å². The van der Waals surface area contributed by atoms with Crippen molar-refractivity contribution >= 4 is 8.32 Å². The minimum atomic E-state index is -3.20. The average Bonchev–Trinajstić information content (AvgIpc) is 2.68. The Bertz CT molecular complexity index is 543. The van der Waals surface area contributed by atoms with Crippen LogP contribution in [0, 0.1) is 0 Å². The molecule has 0 aromatic heterocycles. The Morgan fingerprint density at radius 3 is 2.33 bits per heavy atom. The van der Waals surface area contributed by atoms with Crippen LogP contribution in [0.1, 0.15) is 32.8 Å². The normalized spacial score (nSPS) is 27.4. The Kier molecular flexibility index (Phi) is 5.54. The summed E-state index contributed by atoms with van der Waals surface area (Å²) in [7, 11) is -2.44. The summed E-state index contributed by atoms with van der Waals surface area (Å²) in [5, 5.41) is 9.80. The third kappa shape index (κ3) is 4.04. The monoisotopic (exact) mass is 358 g/mol. The van der Waals surface area contributed by atoms with Crippen molar-refractivity contribution in [2.45, 2.75) is 76.2 Å². The van der Waals surface area contributed by atoms with Gasteiger partial charge in [-0.15, -0.1) is 0 Å². The van der Waals surface area contributed by atoms with E-state index in [9.17, 15) is 13.9 Å². The van der Waals surface area contributed by atoms with Gasteiger partial charge in [0.1, 0.15) is 6.10 Å². The van der Waals surface area contributed by atoms with Crippen molar-refractivity contribution in [1.82, 2.24) is 0 Å². The molecule has 0 amide bonds. The highest BCUT2D eigenvalue weighted by Crippen LogP contribution is 2.44. The van der Waals surface area contributed by atoms with Crippen LogP contribution in [0.15, 0.2) is 30.3 Å². The molecule has 1 N–H and O–H groups in total. The molecule has 1 saturated heterocycles. The Morgan fingerprint density at radius 1 is 1.21 bits per heavy atom. The molecule has 0 bridgehead atoms. The molecule has 1 aromatic rings. The lowest BCUT2D eigenvalue weighted by Crippen LogP contribution is -2.52. The van der Waals surface area contributed by atoms with E-state index < -0.39 is 32.7 Å². The van der Waals surface area contributed by atoms with Gasteiger partial charge in [-0.05, 0) is 36.5 Å². The highest BCUT2D eigenvalue weighted by atomic mass is 28.4. The molecule has 0 radical (unpaired) electrons. The number of aliphatic hydroxyl groups is 1. The average molecular weight is 359 g/mol. The van der Waals surface area contributed by atoms with E-state index in [2.05, 4.69) is 0 Å². The first-order valence-corrected chi connectivity index (χ1v) is 11.3. The molecule has 3 nitrogen and oxygen atoms in total. The van der Waals surface area contributed by atoms with Crippen LogP contribution >= 0.6 is 0 Å². The number of ether oxygens (including phenoxy) is 1. The molecule has 1 heterocycles. The molecule has 24 heavy (non-hydrogen) atoms. The van der Waals surface area contributed by atoms with Crippen LogP contribution in [0.5, 0.6) is 0 Å². The van der Waals surface area contributed by atoms with E-state index in [4.69, 9.17) is 9.16 Å². The predicted octanol–water partition coefficient (Wildman–Crippen LogP) is 4.36. The zero-order chi connectivity index (χ0) is 18.2. The molecule has 1 unspecified atom stereocenters. The van der Waals surface area contributed by atoms with Crippen molar-refractivity contribution in [3.8, 4) is 0 Å². The van der Waals surface area contributed by atoms with E-state index in [1.165, 1.54) is 0 Å². The topological polar surface area (TPSA) is 38.7 Å². The molecule has 2 rings (SSSR count). The molecule has 136 valence electrons. The van der Waals surface area contributed by atoms with Gasteiger partial charge in [-0.2, -0.15) is 0 Å². The number of rotatable bonds is 5. The summed E-state index contributed by atoms with van der Waals surface area (Å²) in [5.74, 6) is -3.20. The quantitative estimate of drug-likeness (QED) is 0.795. The van der Waals surface area contributed by atoms with Gasteiger partial charge in [0.05, 0.1) is 0 Å². The van der Waals surface area contributed by atoms with E-state index in [0.717, 1.165) is 5.56 Å². The summed E-state index contributed by atoms with van der Waals surface area (Å²) in [6.45, 7) is 9.73. The summed E-state index contributed by atoms with van der Waals surface area (Å²) in [6.07, 6.45) is -3.90. The molecule has 0 spiro atoms. The largest absolute Gasteiger partial charge is 0.404 e. The van der Waals surface area contributed by atoms with Gasteiger partial charge in [-0.25, -0.2) is 8.78 Å². The fourth-order valence-corrected chi connectivity index (χ4v) is 3.80. The predicted molar refractivity (Wildman–Crippen MR) is 92.7 cm³/mol. The zero-order valence-corrected chi connectivity index (χ0v) is 16.1. The van der Waals surface area contributed by atoms with Gasteiger partial charge < -0.3 is 14.3 Å². The van der Waals surface area contributed by atoms with Gasteiger partial charge in [0.15, 0.2) is 20.7 Å². The molecule has 1 aliphatic heterocycles. The second-order valence-corrected chi connectivity index (χ2v) is 12.8. The minimum absolute atomic E-state index is 0.144. The molecule has 1 aromatic carbocycles. The van der Waals surface area contributed by atoms with Gasteiger partial charge in [-0.3, -0.25) is 0 Å². The number of aryl methyl sites for hydroxylation is 1. The summed E-state index contributed by atoms with van der Waals surface area (Å²) < 4.78 is 40.5. The van der Waals surface area contributed by atoms with Crippen LogP contribution in [-0.4, -0.2) is 37.8 Å². The number of hydrogen-bond acceptors (Lipinski definition) is 3. The van der Waals surface area contributed by atoms with Gasteiger partial charge in [-0.1, -0.05) is 51.1 Å². The molecular formula is C18H28F2O3Si. The maximum absolute atomic E-state index is 14.8. The second-order valence-electron chi connectivity index (χ2n) is 8.01. The van der Waals surface area contributed by atoms with Crippen molar-refractivity contribution in [2.24, 2.45) is 0 Å². The SMILES string of the molecule is CC(C)(C)[Si](C)(C)O[C@H]1C(O)O[C@@H](CCc2ccccc2)C1(F)F. The maximum Gasteiger partial charge on any atom is 0.303 e. The van der Waals surface area contributed by atoms with E-state index in [1.807, 2.05) is 64.2 Å². The Morgan fingerprint density at radius 2 is 1.79 bits per heavy atom. The van der Waals surface area contributed by atoms with Crippen molar-refractivity contribution in [3.05, 3.63) is 35.9 Å². The van der Waals surface area contributed by atoms with Gasteiger partial charge in [0, 0.05) is 0 Å². The van der Waals surface area contributed by atoms with Gasteiger partial charge in [0.25, 0.3) is 0 Å². The van der Waals surface area contributed by atoms with Crippen LogP contribution < -0.4 is 0 Å². The third-order valence-corrected chi connectivity index (χ3v) is 9.59. The first-order chi connectivity index (χ1) is 10.9. The summed E-state index contributed by atoms with van der Waals surface area (Å²) in [5.41, 5.74) is 0.972. The van der Waals surface area contributed by atoms with Crippen LogP contribution in [0.25, 0.3) is 0 Å². The highest BCUT2D eigenvalue weighted by molar-refractivity contribution is 6.74. The molecule has 1 fully saturated rings. The number of aliphatic hydroxyl groups excluding tert-OH is 1. The fraction of sp³-hybridized carbons (Fsp3) is 0.667. The van der Waals surface area contributed by atoms with Gasteiger partial charge >= 0.3 is 5.92 Å². The molecule has 6 heteroatoms. The first-order valence-electron chi connectivity index (χ1n) is 8.38. The molecule has 0 saturated carbocycles. The van der Waals surface area contributed by atoms with E-state index >= 15 is 0 Å². The lowest BCUT2D eigenvalue weighted by atomic mass is 10.0. The Hall–Kier alpha value is -0.823. The van der Waals surface area contributed by atoms with Crippen molar-refractivity contribution in [3.63, 3.8) is 0 Å². The van der Waals surface area contributed by atoms with Crippen molar-refractivity contribution < 1.29 is 23.1 Å². The lowest BCUT2D eigenvalue weighted by Gasteiger charge is -2.39. The Balaban J connectivity index is 2.07. The number of benzene rings is 1. The van der Waals surface area contributed by atoms with Gasteiger partial charge in [0.2, 0.25) is 0 Å². The number of halogens is 2. The molecule has 3 atom stereocenters. The summed E-state index contributed by atoms with van der Waals surface area (Å²) in [6, 6.07) is 9.43. The number of hydrogen-bond donors (Lipinski definition) is 1. The zero-order valence-electron chi connectivity index (χ0n) is 15.1. The van der Waals surface area contributed by atoms with E-state index in [0.29, 0.717) is 6.42 Å². The lowest BCUT2D eigenvalue weighted by molar-refractivity contribution is -0.125. The molecular weight excluding hydrogens is 330 g/mol.